The second-order valence-corrected chi connectivity index (χ2v) is 6.52. The summed E-state index contributed by atoms with van der Waals surface area (Å²) in [7, 11) is -10.1. The number of phosphoric acid groups is 2. The summed E-state index contributed by atoms with van der Waals surface area (Å²) in [5.41, 5.74) is -1.69. The lowest BCUT2D eigenvalue weighted by Crippen LogP contribution is -2.29. The molecule has 0 rings (SSSR count). The molecule has 5 N–H and O–H groups in total. The van der Waals surface area contributed by atoms with Crippen LogP contribution in [-0.4, -0.2) is 43.1 Å². The van der Waals surface area contributed by atoms with Gasteiger partial charge in [-0.1, -0.05) is 0 Å². The molecule has 0 bridgehead atoms. The molecule has 0 aliphatic heterocycles. The summed E-state index contributed by atoms with van der Waals surface area (Å²) in [5.74, 6) is -1.28. The van der Waals surface area contributed by atoms with Crippen LogP contribution in [0.2, 0.25) is 0 Å². The van der Waals surface area contributed by atoms with E-state index in [4.69, 9.17) is 19.8 Å². The molecule has 1 unspecified atom stereocenters. The second-order valence-electron chi connectivity index (χ2n) is 3.69. The molecule has 108 valence electrons. The van der Waals surface area contributed by atoms with Gasteiger partial charge in [0.15, 0.2) is 0 Å². The van der Waals surface area contributed by atoms with Crippen molar-refractivity contribution in [2.75, 3.05) is 6.61 Å². The molecule has 0 aliphatic rings. The summed E-state index contributed by atoms with van der Waals surface area (Å²) in [5, 5.41) is 17.9. The first-order valence-corrected chi connectivity index (χ1v) is 7.54. The van der Waals surface area contributed by atoms with E-state index in [0.29, 0.717) is 0 Å². The van der Waals surface area contributed by atoms with Crippen LogP contribution < -0.4 is 0 Å². The molecule has 12 heteroatoms. The van der Waals surface area contributed by atoms with E-state index in [1.165, 1.54) is 0 Å². The fraction of sp³-hybridized carbons (Fsp3) is 0.833. The molecule has 0 radical (unpaired) electrons. The molecule has 10 nitrogen and oxygen atoms in total. The third-order valence-electron chi connectivity index (χ3n) is 1.64. The zero-order valence-corrected chi connectivity index (χ0v) is 11.1. The van der Waals surface area contributed by atoms with E-state index in [0.717, 1.165) is 6.92 Å². The van der Waals surface area contributed by atoms with Crippen molar-refractivity contribution in [1.82, 2.24) is 0 Å². The van der Waals surface area contributed by atoms with E-state index in [-0.39, 0.29) is 6.42 Å². The van der Waals surface area contributed by atoms with E-state index in [2.05, 4.69) is 8.83 Å². The van der Waals surface area contributed by atoms with E-state index in [1.54, 1.807) is 0 Å². The summed E-state index contributed by atoms with van der Waals surface area (Å²) < 4.78 is 28.9. The Kier molecular flexibility index (Phi) is 6.12. The van der Waals surface area contributed by atoms with Gasteiger partial charge in [0, 0.05) is 6.42 Å². The maximum Gasteiger partial charge on any atom is 0.481 e. The Bertz CT molecular complexity index is 384. The monoisotopic (exact) mass is 308 g/mol. The van der Waals surface area contributed by atoms with Crippen molar-refractivity contribution in [3.63, 3.8) is 0 Å². The molecule has 18 heavy (non-hydrogen) atoms. The molecule has 0 amide bonds. The molecule has 0 spiro atoms. The number of aliphatic hydroxyl groups is 1. The van der Waals surface area contributed by atoms with Crippen LogP contribution in [0.1, 0.15) is 19.8 Å². The van der Waals surface area contributed by atoms with Gasteiger partial charge >= 0.3 is 21.6 Å². The van der Waals surface area contributed by atoms with Crippen LogP contribution in [-0.2, 0) is 22.8 Å². The van der Waals surface area contributed by atoms with Gasteiger partial charge in [0.2, 0.25) is 0 Å². The topological polar surface area (TPSA) is 171 Å². The third kappa shape index (κ3) is 9.69. The maximum atomic E-state index is 11.0. The largest absolute Gasteiger partial charge is 0.481 e. The maximum absolute atomic E-state index is 11.0. The number of rotatable bonds is 8. The predicted octanol–water partition coefficient (Wildman–Crippen LogP) is -0.172. The molecule has 0 saturated heterocycles. The molecule has 0 aromatic heterocycles. The van der Waals surface area contributed by atoms with E-state index in [9.17, 15) is 19.0 Å². The van der Waals surface area contributed by atoms with Gasteiger partial charge in [-0.3, -0.25) is 9.32 Å². The van der Waals surface area contributed by atoms with Gasteiger partial charge in [0.25, 0.3) is 0 Å². The van der Waals surface area contributed by atoms with Crippen LogP contribution in [0.5, 0.6) is 0 Å². The zero-order valence-electron chi connectivity index (χ0n) is 9.29. The Morgan fingerprint density at radius 2 is 1.78 bits per heavy atom. The average Bonchev–Trinajstić information content (AvgIpc) is 1.93. The van der Waals surface area contributed by atoms with Crippen LogP contribution in [0, 0.1) is 0 Å². The Morgan fingerprint density at radius 3 is 2.17 bits per heavy atom. The molecule has 0 aromatic carbocycles. The Balaban J connectivity index is 4.22. The number of phosphoric ester groups is 1. The van der Waals surface area contributed by atoms with Gasteiger partial charge in [0.05, 0.1) is 18.6 Å². The molecule has 2 atom stereocenters. The van der Waals surface area contributed by atoms with Gasteiger partial charge in [-0.05, 0) is 6.92 Å². The molecule has 0 aromatic rings. The lowest BCUT2D eigenvalue weighted by molar-refractivity contribution is -0.142. The number of hydrogen-bond donors (Lipinski definition) is 5. The smallest absolute Gasteiger partial charge is 0.481 e. The van der Waals surface area contributed by atoms with Crippen molar-refractivity contribution in [2.24, 2.45) is 0 Å². The summed E-state index contributed by atoms with van der Waals surface area (Å²) in [6, 6.07) is 0. The summed E-state index contributed by atoms with van der Waals surface area (Å²) in [6.07, 6.45) is -0.959. The highest BCUT2D eigenvalue weighted by atomic mass is 31.3. The minimum Gasteiger partial charge on any atom is -0.481 e. The molecule has 0 saturated carbocycles. The van der Waals surface area contributed by atoms with Crippen molar-refractivity contribution in [2.45, 2.75) is 25.4 Å². The van der Waals surface area contributed by atoms with Crippen molar-refractivity contribution in [3.8, 4) is 0 Å². The Hall–Kier alpha value is -0.310. The predicted molar refractivity (Wildman–Crippen MR) is 56.4 cm³/mol. The Morgan fingerprint density at radius 1 is 1.28 bits per heavy atom. The van der Waals surface area contributed by atoms with Gasteiger partial charge in [-0.25, -0.2) is 9.13 Å². The zero-order chi connectivity index (χ0) is 14.6. The summed E-state index contributed by atoms with van der Waals surface area (Å²) in [6.45, 7) is 0.546. The number of carboxylic acid groups (broad SMARTS) is 1. The fourth-order valence-corrected chi connectivity index (χ4v) is 2.54. The van der Waals surface area contributed by atoms with Crippen LogP contribution >= 0.6 is 15.6 Å². The number of aliphatic carboxylic acids is 1. The summed E-state index contributed by atoms with van der Waals surface area (Å²) in [4.78, 5) is 35.7. The first-order chi connectivity index (χ1) is 7.83. The SMILES string of the molecule is C[C@](O)(CCOP(=O)(O)OP(=O)(O)O)CC(=O)O. The number of hydrogen-bond acceptors (Lipinski definition) is 6. The van der Waals surface area contributed by atoms with Crippen molar-refractivity contribution >= 4 is 21.6 Å². The lowest BCUT2D eigenvalue weighted by atomic mass is 9.99. The van der Waals surface area contributed by atoms with Crippen molar-refractivity contribution < 1.29 is 47.7 Å². The second kappa shape index (κ2) is 6.23. The lowest BCUT2D eigenvalue weighted by Gasteiger charge is -2.21. The van der Waals surface area contributed by atoms with Crippen LogP contribution in [0.3, 0.4) is 0 Å². The quantitative estimate of drug-likeness (QED) is 0.379. The van der Waals surface area contributed by atoms with E-state index >= 15 is 0 Å². The Labute approximate surface area is 102 Å². The normalized spacial score (nSPS) is 18.9. The standard InChI is InChI=1S/C6H14O10P2/c1-6(9,4-5(7)8)2-3-15-18(13,14)16-17(10,11)12/h9H,2-4H2,1H3,(H,7,8)(H,13,14)(H2,10,11,12)/t6-/m0/s1. The highest BCUT2D eigenvalue weighted by molar-refractivity contribution is 7.60. The number of carboxylic acids is 1. The van der Waals surface area contributed by atoms with Crippen molar-refractivity contribution in [1.29, 1.82) is 0 Å². The highest BCUT2D eigenvalue weighted by Gasteiger charge is 2.33. The molecular weight excluding hydrogens is 294 g/mol. The van der Waals surface area contributed by atoms with Gasteiger partial charge in [-0.15, -0.1) is 0 Å². The molecular formula is C6H14O10P2. The van der Waals surface area contributed by atoms with Gasteiger partial charge in [-0.2, -0.15) is 4.31 Å². The molecule has 0 heterocycles. The van der Waals surface area contributed by atoms with Crippen LogP contribution in [0.25, 0.3) is 0 Å². The first-order valence-electron chi connectivity index (χ1n) is 4.51. The molecule has 0 fully saturated rings. The highest BCUT2D eigenvalue weighted by Crippen LogP contribution is 2.57. The minimum atomic E-state index is -5.19. The third-order valence-corrected chi connectivity index (χ3v) is 3.82. The van der Waals surface area contributed by atoms with E-state index in [1.807, 2.05) is 0 Å². The van der Waals surface area contributed by atoms with E-state index < -0.39 is 40.2 Å². The minimum absolute atomic E-state index is 0.339. The number of carbonyl (C=O) groups is 1. The summed E-state index contributed by atoms with van der Waals surface area (Å²) >= 11 is 0. The average molecular weight is 308 g/mol. The molecule has 0 aliphatic carbocycles. The fourth-order valence-electron chi connectivity index (χ4n) is 0.953. The first kappa shape index (κ1) is 17.7. The van der Waals surface area contributed by atoms with Crippen molar-refractivity contribution in [3.05, 3.63) is 0 Å². The van der Waals surface area contributed by atoms with Gasteiger partial charge < -0.3 is 24.9 Å². The van der Waals surface area contributed by atoms with Crippen LogP contribution in [0.4, 0.5) is 0 Å². The van der Waals surface area contributed by atoms with Crippen LogP contribution in [0.15, 0.2) is 0 Å². The van der Waals surface area contributed by atoms with Gasteiger partial charge in [0.1, 0.15) is 0 Å².